The average Bonchev–Trinajstić information content (AvgIpc) is 2.54. The number of carbonyl (C=O) groups is 1. The van der Waals surface area contributed by atoms with Crippen LogP contribution in [0.1, 0.15) is 36.7 Å². The number of aromatic carboxylic acids is 1. The van der Waals surface area contributed by atoms with E-state index < -0.39 is 22.8 Å². The van der Waals surface area contributed by atoms with E-state index >= 15 is 0 Å². The molecule has 0 saturated carbocycles. The second-order valence-corrected chi connectivity index (χ2v) is 7.43. The Hall–Kier alpha value is -2.95. The molecule has 2 aromatic carbocycles. The summed E-state index contributed by atoms with van der Waals surface area (Å²) in [5.74, 6) is -1.88. The molecule has 1 aromatic heterocycles. The maximum Gasteiger partial charge on any atom is 0.341 e. The van der Waals surface area contributed by atoms with Crippen molar-refractivity contribution in [3.8, 4) is 11.1 Å². The Morgan fingerprint density at radius 3 is 2.27 bits per heavy atom. The van der Waals surface area contributed by atoms with E-state index in [0.29, 0.717) is 16.6 Å². The molecule has 134 valence electrons. The molecule has 3 rings (SSSR count). The Morgan fingerprint density at radius 2 is 1.73 bits per heavy atom. The van der Waals surface area contributed by atoms with Crippen LogP contribution in [-0.4, -0.2) is 15.6 Å². The van der Waals surface area contributed by atoms with Gasteiger partial charge < -0.3 is 9.67 Å². The topological polar surface area (TPSA) is 59.3 Å². The number of carboxylic acid groups (broad SMARTS) is 1. The number of aryl methyl sites for hydroxylation is 1. The highest BCUT2D eigenvalue weighted by Gasteiger charge is 2.22. The van der Waals surface area contributed by atoms with Gasteiger partial charge in [-0.25, -0.2) is 9.18 Å². The first kappa shape index (κ1) is 17.9. The Bertz CT molecular complexity index is 1070. The minimum absolute atomic E-state index is 0.0631. The second kappa shape index (κ2) is 6.09. The molecule has 5 heteroatoms. The van der Waals surface area contributed by atoms with Crippen molar-refractivity contribution in [3.63, 3.8) is 0 Å². The van der Waals surface area contributed by atoms with Crippen LogP contribution in [0.3, 0.4) is 0 Å². The first-order valence-corrected chi connectivity index (χ1v) is 8.29. The van der Waals surface area contributed by atoms with Gasteiger partial charge in [-0.05, 0) is 45.4 Å². The molecule has 0 unspecified atom stereocenters. The number of carboxylic acids is 1. The van der Waals surface area contributed by atoms with Crippen molar-refractivity contribution in [2.75, 3.05) is 0 Å². The number of rotatable bonds is 2. The van der Waals surface area contributed by atoms with Crippen molar-refractivity contribution in [2.24, 2.45) is 0 Å². The van der Waals surface area contributed by atoms with Gasteiger partial charge in [0.15, 0.2) is 0 Å². The zero-order valence-corrected chi connectivity index (χ0v) is 15.1. The first-order chi connectivity index (χ1) is 12.1. The van der Waals surface area contributed by atoms with E-state index in [1.165, 1.54) is 6.20 Å². The molecule has 0 saturated heterocycles. The Morgan fingerprint density at radius 1 is 1.12 bits per heavy atom. The number of halogens is 1. The molecule has 0 atom stereocenters. The third-order valence-electron chi connectivity index (χ3n) is 4.41. The Balaban J connectivity index is 2.42. The molecule has 0 aliphatic heterocycles. The minimum atomic E-state index is -1.32. The highest BCUT2D eigenvalue weighted by molar-refractivity contribution is 5.94. The zero-order valence-electron chi connectivity index (χ0n) is 15.1. The second-order valence-electron chi connectivity index (χ2n) is 7.43. The molecule has 1 N–H and O–H groups in total. The summed E-state index contributed by atoms with van der Waals surface area (Å²) in [5.41, 5.74) is 1.11. The van der Waals surface area contributed by atoms with Gasteiger partial charge in [0, 0.05) is 22.7 Å². The third kappa shape index (κ3) is 3.01. The minimum Gasteiger partial charge on any atom is -0.477 e. The smallest absolute Gasteiger partial charge is 0.341 e. The van der Waals surface area contributed by atoms with Crippen LogP contribution in [0.5, 0.6) is 0 Å². The molecule has 0 bridgehead atoms. The number of nitrogens with zero attached hydrogens (tertiary/aromatic N) is 1. The van der Waals surface area contributed by atoms with Gasteiger partial charge in [0.1, 0.15) is 11.4 Å². The molecule has 0 amide bonds. The fourth-order valence-electron chi connectivity index (χ4n) is 3.01. The quantitative estimate of drug-likeness (QED) is 0.734. The number of hydrogen-bond donors (Lipinski definition) is 1. The zero-order chi connectivity index (χ0) is 19.2. The van der Waals surface area contributed by atoms with Gasteiger partial charge in [-0.15, -0.1) is 0 Å². The normalized spacial score (nSPS) is 11.7. The van der Waals surface area contributed by atoms with E-state index in [0.717, 1.165) is 11.6 Å². The lowest BCUT2D eigenvalue weighted by atomic mass is 9.99. The molecule has 0 aliphatic rings. The predicted molar refractivity (Wildman–Crippen MR) is 100 cm³/mol. The van der Waals surface area contributed by atoms with Gasteiger partial charge in [0.25, 0.3) is 0 Å². The van der Waals surface area contributed by atoms with Crippen LogP contribution in [0.4, 0.5) is 4.39 Å². The lowest BCUT2D eigenvalue weighted by Crippen LogP contribution is -2.27. The molecule has 0 spiro atoms. The summed E-state index contributed by atoms with van der Waals surface area (Å²) in [6.45, 7) is 7.65. The molecule has 1 heterocycles. The monoisotopic (exact) mass is 353 g/mol. The van der Waals surface area contributed by atoms with Crippen LogP contribution >= 0.6 is 0 Å². The summed E-state index contributed by atoms with van der Waals surface area (Å²) >= 11 is 0. The van der Waals surface area contributed by atoms with Crippen LogP contribution in [0.15, 0.2) is 47.4 Å². The highest BCUT2D eigenvalue weighted by atomic mass is 19.1. The summed E-state index contributed by atoms with van der Waals surface area (Å²) in [6.07, 6.45) is 1.34. The van der Waals surface area contributed by atoms with Gasteiger partial charge in [-0.1, -0.05) is 29.8 Å². The standard InChI is InChI=1S/C21H20FNO3/c1-12-5-7-13(8-6-12)14-10-18-15(9-17(14)22)19(24)16(20(25)26)11-23(18)21(2,3)4/h5-11H,1-4H3,(H,25,26). The van der Waals surface area contributed by atoms with Crippen LogP contribution < -0.4 is 5.43 Å². The molecule has 0 radical (unpaired) electrons. The number of fused-ring (bicyclic) bond motifs is 1. The molecule has 0 fully saturated rings. The summed E-state index contributed by atoms with van der Waals surface area (Å²) < 4.78 is 16.5. The van der Waals surface area contributed by atoms with Crippen molar-refractivity contribution in [3.05, 3.63) is 69.8 Å². The highest BCUT2D eigenvalue weighted by Crippen LogP contribution is 2.29. The molecule has 3 aromatic rings. The van der Waals surface area contributed by atoms with E-state index in [2.05, 4.69) is 0 Å². The molecule has 4 nitrogen and oxygen atoms in total. The summed E-state index contributed by atoms with van der Waals surface area (Å²) in [7, 11) is 0. The van der Waals surface area contributed by atoms with Crippen LogP contribution in [0.25, 0.3) is 22.0 Å². The Kier molecular flexibility index (Phi) is 4.18. The van der Waals surface area contributed by atoms with Crippen molar-refractivity contribution in [1.29, 1.82) is 0 Å². The molecule has 0 aliphatic carbocycles. The molecule has 26 heavy (non-hydrogen) atoms. The lowest BCUT2D eigenvalue weighted by molar-refractivity contribution is 0.0694. The van der Waals surface area contributed by atoms with E-state index in [1.54, 1.807) is 10.6 Å². The number of benzene rings is 2. The maximum absolute atomic E-state index is 14.8. The van der Waals surface area contributed by atoms with Crippen LogP contribution in [0.2, 0.25) is 0 Å². The van der Waals surface area contributed by atoms with Crippen molar-refractivity contribution in [1.82, 2.24) is 4.57 Å². The summed E-state index contributed by atoms with van der Waals surface area (Å²) in [6, 6.07) is 10.2. The number of aromatic nitrogens is 1. The van der Waals surface area contributed by atoms with Crippen molar-refractivity contribution >= 4 is 16.9 Å². The van der Waals surface area contributed by atoms with Gasteiger partial charge >= 0.3 is 5.97 Å². The lowest BCUT2D eigenvalue weighted by Gasteiger charge is -2.26. The Labute approximate surface area is 150 Å². The summed E-state index contributed by atoms with van der Waals surface area (Å²) in [5, 5.41) is 9.40. The average molecular weight is 353 g/mol. The van der Waals surface area contributed by atoms with Gasteiger partial charge in [0.05, 0.1) is 5.52 Å². The van der Waals surface area contributed by atoms with E-state index in [-0.39, 0.29) is 10.9 Å². The SMILES string of the molecule is Cc1ccc(-c2cc3c(cc2F)c(=O)c(C(=O)O)cn3C(C)(C)C)cc1. The van der Waals surface area contributed by atoms with Crippen LogP contribution in [0, 0.1) is 12.7 Å². The molecular formula is C21H20FNO3. The van der Waals surface area contributed by atoms with Gasteiger partial charge in [-0.3, -0.25) is 4.79 Å². The fraction of sp³-hybridized carbons (Fsp3) is 0.238. The van der Waals surface area contributed by atoms with Gasteiger partial charge in [0.2, 0.25) is 5.43 Å². The first-order valence-electron chi connectivity index (χ1n) is 8.29. The largest absolute Gasteiger partial charge is 0.477 e. The fourth-order valence-corrected chi connectivity index (χ4v) is 3.01. The van der Waals surface area contributed by atoms with Gasteiger partial charge in [-0.2, -0.15) is 0 Å². The summed E-state index contributed by atoms with van der Waals surface area (Å²) in [4.78, 5) is 24.0. The number of pyridine rings is 1. The van der Waals surface area contributed by atoms with Crippen molar-refractivity contribution in [2.45, 2.75) is 33.2 Å². The van der Waals surface area contributed by atoms with E-state index in [9.17, 15) is 19.1 Å². The van der Waals surface area contributed by atoms with Crippen molar-refractivity contribution < 1.29 is 14.3 Å². The van der Waals surface area contributed by atoms with E-state index in [4.69, 9.17) is 0 Å². The maximum atomic E-state index is 14.8. The third-order valence-corrected chi connectivity index (χ3v) is 4.41. The molecular weight excluding hydrogens is 333 g/mol. The van der Waals surface area contributed by atoms with E-state index in [1.807, 2.05) is 52.0 Å². The van der Waals surface area contributed by atoms with Crippen LogP contribution in [-0.2, 0) is 5.54 Å². The predicted octanol–water partition coefficient (Wildman–Crippen LogP) is 4.57. The number of hydrogen-bond acceptors (Lipinski definition) is 2.